The summed E-state index contributed by atoms with van der Waals surface area (Å²) < 4.78 is 24.3. The third kappa shape index (κ3) is 10.7. The number of pyridine rings is 1. The average molecular weight is 441 g/mol. The molecule has 0 radical (unpaired) electrons. The number of rotatable bonds is 8. The van der Waals surface area contributed by atoms with Crippen molar-refractivity contribution in [2.24, 2.45) is 4.99 Å². The van der Waals surface area contributed by atoms with Crippen LogP contribution >= 0.6 is 24.0 Å². The number of nitrogens with zero attached hydrogens (tertiary/aromatic N) is 2. The molecule has 1 rings (SSSR count). The number of hydrogen-bond donors (Lipinski definition) is 3. The van der Waals surface area contributed by atoms with Crippen molar-refractivity contribution in [3.05, 3.63) is 30.1 Å². The lowest BCUT2D eigenvalue weighted by molar-refractivity contribution is 0.584. The highest BCUT2D eigenvalue weighted by atomic mass is 127. The monoisotopic (exact) mass is 441 g/mol. The molecule has 0 amide bonds. The minimum Gasteiger partial charge on any atom is -0.357 e. The molecular weight excluding hydrogens is 417 g/mol. The fourth-order valence-corrected chi connectivity index (χ4v) is 2.06. The Bertz CT molecular complexity index is 537. The summed E-state index contributed by atoms with van der Waals surface area (Å²) in [4.78, 5) is 8.63. The molecule has 0 aromatic carbocycles. The molecule has 0 aliphatic heterocycles. The molecule has 1 aromatic heterocycles. The average Bonchev–Trinajstić information content (AvgIpc) is 2.44. The fourth-order valence-electron chi connectivity index (χ4n) is 1.55. The number of halogens is 1. The first-order valence-corrected chi connectivity index (χ1v) is 8.77. The second-order valence-electron chi connectivity index (χ2n) is 4.46. The minimum atomic E-state index is -3.11. The SMILES string of the molecule is CCNC(=NCc1ccccn1)NCCCNS(C)(=O)=O.I. The van der Waals surface area contributed by atoms with Crippen molar-refractivity contribution < 1.29 is 8.42 Å². The van der Waals surface area contributed by atoms with Crippen LogP contribution in [-0.2, 0) is 16.6 Å². The van der Waals surface area contributed by atoms with Gasteiger partial charge in [-0.3, -0.25) is 4.98 Å². The number of hydrogen-bond acceptors (Lipinski definition) is 4. The third-order valence-corrected chi connectivity index (χ3v) is 3.21. The van der Waals surface area contributed by atoms with Gasteiger partial charge >= 0.3 is 0 Å². The normalized spacial score (nSPS) is 11.6. The van der Waals surface area contributed by atoms with E-state index < -0.39 is 10.0 Å². The lowest BCUT2D eigenvalue weighted by atomic mass is 10.3. The first-order valence-electron chi connectivity index (χ1n) is 6.88. The molecule has 0 spiro atoms. The molecule has 0 aliphatic rings. The highest BCUT2D eigenvalue weighted by Crippen LogP contribution is 1.95. The van der Waals surface area contributed by atoms with E-state index in [4.69, 9.17) is 0 Å². The topological polar surface area (TPSA) is 95.5 Å². The van der Waals surface area contributed by atoms with E-state index in [9.17, 15) is 8.42 Å². The maximum atomic E-state index is 10.9. The molecule has 22 heavy (non-hydrogen) atoms. The Kier molecular flexibility index (Phi) is 11.1. The molecule has 0 unspecified atom stereocenters. The predicted molar refractivity (Wildman–Crippen MR) is 99.9 cm³/mol. The second-order valence-corrected chi connectivity index (χ2v) is 6.30. The van der Waals surface area contributed by atoms with Crippen LogP contribution in [0.2, 0.25) is 0 Å². The first kappa shape index (κ1) is 21.1. The summed E-state index contributed by atoms with van der Waals surface area (Å²) in [6, 6.07) is 5.71. The molecule has 9 heteroatoms. The molecular formula is C13H24IN5O2S. The van der Waals surface area contributed by atoms with Crippen LogP contribution in [0, 0.1) is 0 Å². The Morgan fingerprint density at radius 2 is 2.05 bits per heavy atom. The van der Waals surface area contributed by atoms with Gasteiger partial charge in [-0.05, 0) is 25.5 Å². The van der Waals surface area contributed by atoms with Crippen molar-refractivity contribution >= 4 is 40.0 Å². The highest BCUT2D eigenvalue weighted by Gasteiger charge is 2.00. The van der Waals surface area contributed by atoms with E-state index in [-0.39, 0.29) is 24.0 Å². The quantitative estimate of drug-likeness (QED) is 0.239. The molecule has 0 bridgehead atoms. The zero-order valence-corrected chi connectivity index (χ0v) is 16.0. The van der Waals surface area contributed by atoms with Gasteiger partial charge in [0.05, 0.1) is 18.5 Å². The fraction of sp³-hybridized carbons (Fsp3) is 0.538. The van der Waals surface area contributed by atoms with Gasteiger partial charge in [0.1, 0.15) is 0 Å². The van der Waals surface area contributed by atoms with E-state index in [1.165, 1.54) is 0 Å². The van der Waals surface area contributed by atoms with Gasteiger partial charge in [-0.25, -0.2) is 18.1 Å². The summed E-state index contributed by atoms with van der Waals surface area (Å²) in [6.07, 6.45) is 3.57. The largest absolute Gasteiger partial charge is 0.357 e. The molecule has 0 fully saturated rings. The Labute approximate surface area is 149 Å². The minimum absolute atomic E-state index is 0. The summed E-state index contributed by atoms with van der Waals surface area (Å²) in [7, 11) is -3.11. The zero-order chi connectivity index (χ0) is 15.6. The van der Waals surface area contributed by atoms with Gasteiger partial charge < -0.3 is 10.6 Å². The number of sulfonamides is 1. The number of aromatic nitrogens is 1. The number of aliphatic imine (C=N–C) groups is 1. The van der Waals surface area contributed by atoms with Gasteiger partial charge in [0.25, 0.3) is 0 Å². The summed E-state index contributed by atoms with van der Waals surface area (Å²) >= 11 is 0. The lowest BCUT2D eigenvalue weighted by Crippen LogP contribution is -2.38. The zero-order valence-electron chi connectivity index (χ0n) is 12.9. The van der Waals surface area contributed by atoms with Gasteiger partial charge in [0.15, 0.2) is 5.96 Å². The van der Waals surface area contributed by atoms with Gasteiger partial charge in [0, 0.05) is 25.8 Å². The molecule has 3 N–H and O–H groups in total. The van der Waals surface area contributed by atoms with Crippen molar-refractivity contribution in [3.8, 4) is 0 Å². The van der Waals surface area contributed by atoms with Crippen LogP contribution in [-0.4, -0.2) is 45.3 Å². The Balaban J connectivity index is 0.00000441. The maximum absolute atomic E-state index is 10.9. The summed E-state index contributed by atoms with van der Waals surface area (Å²) in [5, 5.41) is 6.29. The molecule has 7 nitrogen and oxygen atoms in total. The van der Waals surface area contributed by atoms with Crippen LogP contribution in [0.4, 0.5) is 0 Å². The molecule has 1 aromatic rings. The van der Waals surface area contributed by atoms with Crippen LogP contribution < -0.4 is 15.4 Å². The molecule has 1 heterocycles. The second kappa shape index (κ2) is 11.6. The van der Waals surface area contributed by atoms with E-state index in [1.54, 1.807) is 6.20 Å². The van der Waals surface area contributed by atoms with E-state index in [2.05, 4.69) is 25.3 Å². The predicted octanol–water partition coefficient (Wildman–Crippen LogP) is 0.694. The molecule has 0 saturated heterocycles. The van der Waals surface area contributed by atoms with Crippen LogP contribution in [0.15, 0.2) is 29.4 Å². The van der Waals surface area contributed by atoms with E-state index in [0.29, 0.717) is 32.0 Å². The van der Waals surface area contributed by atoms with Crippen LogP contribution in [0.25, 0.3) is 0 Å². The van der Waals surface area contributed by atoms with Crippen molar-refractivity contribution in [3.63, 3.8) is 0 Å². The van der Waals surface area contributed by atoms with Crippen molar-refractivity contribution in [1.82, 2.24) is 20.3 Å². The van der Waals surface area contributed by atoms with Gasteiger partial charge in [-0.2, -0.15) is 0 Å². The van der Waals surface area contributed by atoms with Crippen LogP contribution in [0.1, 0.15) is 19.0 Å². The van der Waals surface area contributed by atoms with E-state index in [0.717, 1.165) is 18.5 Å². The Morgan fingerprint density at radius 3 is 2.64 bits per heavy atom. The maximum Gasteiger partial charge on any atom is 0.208 e. The van der Waals surface area contributed by atoms with Gasteiger partial charge in [-0.15, -0.1) is 24.0 Å². The van der Waals surface area contributed by atoms with Crippen LogP contribution in [0.3, 0.4) is 0 Å². The molecule has 126 valence electrons. The van der Waals surface area contributed by atoms with E-state index in [1.807, 2.05) is 25.1 Å². The standard InChI is InChI=1S/C13H23N5O2S.HI/c1-3-14-13(16-9-6-10-18-21(2,19)20)17-11-12-7-4-5-8-15-12;/h4-5,7-8,18H,3,6,9-11H2,1-2H3,(H2,14,16,17);1H. The Morgan fingerprint density at radius 1 is 1.27 bits per heavy atom. The summed E-state index contributed by atoms with van der Waals surface area (Å²) in [5.41, 5.74) is 0.897. The van der Waals surface area contributed by atoms with Crippen molar-refractivity contribution in [2.45, 2.75) is 19.9 Å². The number of nitrogens with one attached hydrogen (secondary N) is 3. The lowest BCUT2D eigenvalue weighted by Gasteiger charge is -2.11. The van der Waals surface area contributed by atoms with Gasteiger partial charge in [-0.1, -0.05) is 6.07 Å². The van der Waals surface area contributed by atoms with Crippen molar-refractivity contribution in [2.75, 3.05) is 25.9 Å². The van der Waals surface area contributed by atoms with Gasteiger partial charge in [0.2, 0.25) is 10.0 Å². The Hall–Kier alpha value is -0.940. The molecule has 0 saturated carbocycles. The molecule has 0 aliphatic carbocycles. The third-order valence-electron chi connectivity index (χ3n) is 2.48. The smallest absolute Gasteiger partial charge is 0.208 e. The first-order chi connectivity index (χ1) is 10.0. The molecule has 0 atom stereocenters. The van der Waals surface area contributed by atoms with Crippen molar-refractivity contribution in [1.29, 1.82) is 0 Å². The highest BCUT2D eigenvalue weighted by molar-refractivity contribution is 14.0. The van der Waals surface area contributed by atoms with E-state index >= 15 is 0 Å². The number of guanidine groups is 1. The van der Waals surface area contributed by atoms with Crippen LogP contribution in [0.5, 0.6) is 0 Å². The summed E-state index contributed by atoms with van der Waals surface area (Å²) in [5.74, 6) is 0.697. The summed E-state index contributed by atoms with van der Waals surface area (Å²) in [6.45, 7) is 4.29.